The minimum Gasteiger partial charge on any atom is -0.363 e. The Kier molecular flexibility index (Phi) is 4.94. The second kappa shape index (κ2) is 7.14. The lowest BCUT2D eigenvalue weighted by Crippen LogP contribution is -2.41. The molecular weight excluding hydrogens is 344 g/mol. The van der Waals surface area contributed by atoms with E-state index in [-0.39, 0.29) is 16.6 Å². The van der Waals surface area contributed by atoms with Crippen LogP contribution in [0.1, 0.15) is 13.3 Å². The van der Waals surface area contributed by atoms with Crippen LogP contribution in [0, 0.1) is 11.6 Å². The summed E-state index contributed by atoms with van der Waals surface area (Å²) < 4.78 is 27.4. The molecular formula is C18H17F2N3OS. The quantitative estimate of drug-likeness (QED) is 0.731. The molecule has 1 amide bonds. The molecule has 0 fully saturated rings. The summed E-state index contributed by atoms with van der Waals surface area (Å²) in [6.45, 7) is 1.91. The zero-order valence-corrected chi connectivity index (χ0v) is 14.6. The lowest BCUT2D eigenvalue weighted by molar-refractivity contribution is -0.117. The molecule has 1 aromatic heterocycles. The summed E-state index contributed by atoms with van der Waals surface area (Å²) in [6.07, 6.45) is 0.588. The molecule has 0 bridgehead atoms. The third kappa shape index (κ3) is 3.61. The lowest BCUT2D eigenvalue weighted by atomic mass is 10.1. The second-order valence-corrected chi connectivity index (χ2v) is 6.64. The van der Waals surface area contributed by atoms with Gasteiger partial charge in [0.15, 0.2) is 10.9 Å². The first-order valence-corrected chi connectivity index (χ1v) is 8.65. The van der Waals surface area contributed by atoms with Crippen LogP contribution in [0.3, 0.4) is 0 Å². The number of carbonyl (C=O) groups excluding carboxylic acids is 1. The van der Waals surface area contributed by atoms with Gasteiger partial charge in [-0.2, -0.15) is 0 Å². The minimum atomic E-state index is -0.736. The predicted octanol–water partition coefficient (Wildman–Crippen LogP) is 4.43. The van der Waals surface area contributed by atoms with Gasteiger partial charge in [0.2, 0.25) is 5.91 Å². The Hall–Kier alpha value is -2.54. The van der Waals surface area contributed by atoms with Crippen molar-refractivity contribution in [3.8, 4) is 0 Å². The molecule has 25 heavy (non-hydrogen) atoms. The van der Waals surface area contributed by atoms with Crippen LogP contribution in [0.5, 0.6) is 0 Å². The largest absolute Gasteiger partial charge is 0.363 e. The van der Waals surface area contributed by atoms with E-state index in [9.17, 15) is 13.6 Å². The molecule has 1 N–H and O–H groups in total. The van der Waals surface area contributed by atoms with E-state index in [0.717, 1.165) is 23.1 Å². The normalized spacial score (nSPS) is 12.2. The fraction of sp³-hybridized carbons (Fsp3) is 0.222. The summed E-state index contributed by atoms with van der Waals surface area (Å²) in [7, 11) is 1.84. The van der Waals surface area contributed by atoms with Gasteiger partial charge in [0, 0.05) is 18.8 Å². The van der Waals surface area contributed by atoms with Crippen LogP contribution in [0.15, 0.2) is 42.5 Å². The molecule has 1 unspecified atom stereocenters. The van der Waals surface area contributed by atoms with Crippen LogP contribution in [0.4, 0.5) is 19.6 Å². The monoisotopic (exact) mass is 361 g/mol. The van der Waals surface area contributed by atoms with E-state index in [0.29, 0.717) is 11.1 Å². The summed E-state index contributed by atoms with van der Waals surface area (Å²) in [5.74, 6) is -1.64. The van der Waals surface area contributed by atoms with Gasteiger partial charge in [-0.3, -0.25) is 4.79 Å². The number of benzene rings is 2. The lowest BCUT2D eigenvalue weighted by Gasteiger charge is -2.27. The maximum Gasteiger partial charge on any atom is 0.248 e. The number of hydrogen-bond acceptors (Lipinski definition) is 4. The van der Waals surface area contributed by atoms with Crippen molar-refractivity contribution in [3.63, 3.8) is 0 Å². The van der Waals surface area contributed by atoms with Crippen molar-refractivity contribution >= 4 is 38.3 Å². The third-order valence-electron chi connectivity index (χ3n) is 3.96. The number of para-hydroxylation sites is 1. The van der Waals surface area contributed by atoms with Gasteiger partial charge in [-0.05, 0) is 24.6 Å². The third-order valence-corrected chi connectivity index (χ3v) is 4.88. The number of nitrogens with zero attached hydrogens (tertiary/aromatic N) is 2. The van der Waals surface area contributed by atoms with Crippen molar-refractivity contribution in [1.82, 2.24) is 4.98 Å². The van der Waals surface area contributed by atoms with E-state index < -0.39 is 17.7 Å². The molecule has 3 aromatic rings. The van der Waals surface area contributed by atoms with E-state index in [1.807, 2.05) is 49.2 Å². The first-order valence-electron chi connectivity index (χ1n) is 7.84. The number of hydrogen-bond donors (Lipinski definition) is 1. The highest BCUT2D eigenvalue weighted by atomic mass is 32.1. The van der Waals surface area contributed by atoms with E-state index in [2.05, 4.69) is 10.3 Å². The van der Waals surface area contributed by atoms with Gasteiger partial charge < -0.3 is 10.2 Å². The smallest absolute Gasteiger partial charge is 0.248 e. The van der Waals surface area contributed by atoms with E-state index in [1.54, 1.807) is 0 Å². The van der Waals surface area contributed by atoms with E-state index in [1.165, 1.54) is 6.07 Å². The van der Waals surface area contributed by atoms with Crippen LogP contribution >= 0.6 is 11.3 Å². The van der Waals surface area contributed by atoms with Crippen molar-refractivity contribution in [3.05, 3.63) is 54.1 Å². The number of fused-ring (bicyclic) bond motifs is 1. The number of halogens is 2. The summed E-state index contributed by atoms with van der Waals surface area (Å²) in [5, 5.41) is 2.97. The number of rotatable bonds is 5. The number of carbonyl (C=O) groups is 1. The molecule has 4 nitrogen and oxygen atoms in total. The number of likely N-dealkylation sites (N-methyl/N-ethyl adjacent to an activating group) is 1. The Morgan fingerprint density at radius 2 is 2.00 bits per heavy atom. The zero-order valence-electron chi connectivity index (χ0n) is 13.8. The highest BCUT2D eigenvalue weighted by Gasteiger charge is 2.23. The van der Waals surface area contributed by atoms with Crippen LogP contribution in [0.25, 0.3) is 10.2 Å². The fourth-order valence-electron chi connectivity index (χ4n) is 2.68. The Balaban J connectivity index is 1.81. The van der Waals surface area contributed by atoms with Crippen molar-refractivity contribution in [2.24, 2.45) is 0 Å². The van der Waals surface area contributed by atoms with Crippen LogP contribution in [-0.2, 0) is 4.79 Å². The second-order valence-electron chi connectivity index (χ2n) is 5.61. The molecule has 7 heteroatoms. The molecule has 0 saturated carbocycles. The molecule has 3 rings (SSSR count). The molecule has 0 aliphatic heterocycles. The molecule has 0 aliphatic rings. The summed E-state index contributed by atoms with van der Waals surface area (Å²) in [4.78, 5) is 18.6. The predicted molar refractivity (Wildman–Crippen MR) is 97.1 cm³/mol. The molecule has 0 radical (unpaired) electrons. The Morgan fingerprint density at radius 3 is 2.68 bits per heavy atom. The standard InChI is InChI=1S/C18H17F2N3OS/c1-3-14(23(2)12-7-5-4-6-8-12)17(24)22-18-21-16-13(20)9-11(19)10-15(16)25-18/h4-10,14H,3H2,1-2H3,(H,21,22,24). The number of anilines is 2. The number of aromatic nitrogens is 1. The van der Waals surface area contributed by atoms with E-state index >= 15 is 0 Å². The van der Waals surface area contributed by atoms with Gasteiger partial charge in [-0.15, -0.1) is 0 Å². The van der Waals surface area contributed by atoms with Gasteiger partial charge in [0.25, 0.3) is 0 Å². The van der Waals surface area contributed by atoms with Gasteiger partial charge in [0.05, 0.1) is 4.70 Å². The molecule has 0 aliphatic carbocycles. The highest BCUT2D eigenvalue weighted by molar-refractivity contribution is 7.22. The highest BCUT2D eigenvalue weighted by Crippen LogP contribution is 2.29. The molecule has 130 valence electrons. The number of nitrogens with one attached hydrogen (secondary N) is 1. The zero-order chi connectivity index (χ0) is 18.0. The molecule has 1 atom stereocenters. The summed E-state index contributed by atoms with van der Waals surface area (Å²) >= 11 is 1.05. The first kappa shape index (κ1) is 17.3. The molecule has 1 heterocycles. The van der Waals surface area contributed by atoms with Crippen molar-refractivity contribution in [1.29, 1.82) is 0 Å². The SMILES string of the molecule is CCC(C(=O)Nc1nc2c(F)cc(F)cc2s1)N(C)c1ccccc1. The fourth-order valence-corrected chi connectivity index (χ4v) is 3.59. The van der Waals surface area contributed by atoms with Crippen molar-refractivity contribution in [2.45, 2.75) is 19.4 Å². The maximum absolute atomic E-state index is 13.8. The van der Waals surface area contributed by atoms with Crippen molar-refractivity contribution < 1.29 is 13.6 Å². The Bertz CT molecular complexity index is 898. The molecule has 0 spiro atoms. The summed E-state index contributed by atoms with van der Waals surface area (Å²) in [6, 6.07) is 11.1. The average molecular weight is 361 g/mol. The van der Waals surface area contributed by atoms with Gasteiger partial charge in [-0.25, -0.2) is 13.8 Å². The molecule has 0 saturated heterocycles. The number of amides is 1. The van der Waals surface area contributed by atoms with Crippen LogP contribution in [0.2, 0.25) is 0 Å². The van der Waals surface area contributed by atoms with Gasteiger partial charge >= 0.3 is 0 Å². The minimum absolute atomic E-state index is 0.0613. The van der Waals surface area contributed by atoms with Crippen molar-refractivity contribution in [2.75, 3.05) is 17.3 Å². The van der Waals surface area contributed by atoms with Gasteiger partial charge in [0.1, 0.15) is 17.4 Å². The first-order chi connectivity index (χ1) is 12.0. The average Bonchev–Trinajstić information content (AvgIpc) is 2.98. The molecule has 2 aromatic carbocycles. The Labute approximate surface area is 148 Å². The summed E-state index contributed by atoms with van der Waals surface area (Å²) in [5.41, 5.74) is 0.980. The van der Waals surface area contributed by atoms with Gasteiger partial charge in [-0.1, -0.05) is 36.5 Å². The van der Waals surface area contributed by atoms with Crippen LogP contribution < -0.4 is 10.2 Å². The Morgan fingerprint density at radius 1 is 1.28 bits per heavy atom. The topological polar surface area (TPSA) is 45.2 Å². The van der Waals surface area contributed by atoms with E-state index in [4.69, 9.17) is 0 Å². The number of thiazole rings is 1. The maximum atomic E-state index is 13.8. The van der Waals surface area contributed by atoms with Crippen LogP contribution in [-0.4, -0.2) is 24.0 Å².